The highest BCUT2D eigenvalue weighted by molar-refractivity contribution is 5.75. The maximum absolute atomic E-state index is 10.5. The number of aromatic amines is 1. The number of carbonyl (C=O) groups excluding carboxylic acids is 1. The second kappa shape index (κ2) is 3.38. The number of H-pyrrole nitrogens is 1. The molecule has 0 bridgehead atoms. The molecule has 0 aliphatic heterocycles. The second-order valence-corrected chi connectivity index (χ2v) is 3.07. The lowest BCUT2D eigenvalue weighted by Gasteiger charge is -1.98. The molecule has 2 rings (SSSR count). The Bertz CT molecular complexity index is 443. The molecule has 0 unspecified atom stereocenters. The van der Waals surface area contributed by atoms with Gasteiger partial charge in [-0.25, -0.2) is 0 Å². The molecular formula is C11H10N2O. The summed E-state index contributed by atoms with van der Waals surface area (Å²) in [5.41, 5.74) is 8.83. The number of anilines is 1. The third-order valence-corrected chi connectivity index (χ3v) is 2.06. The van der Waals surface area contributed by atoms with Gasteiger partial charge in [-0.15, -0.1) is 0 Å². The topological polar surface area (TPSA) is 58.9 Å². The molecular weight excluding hydrogens is 176 g/mol. The molecule has 0 amide bonds. The molecule has 0 spiro atoms. The van der Waals surface area contributed by atoms with Gasteiger partial charge in [-0.1, -0.05) is 12.1 Å². The molecule has 70 valence electrons. The van der Waals surface area contributed by atoms with Crippen LogP contribution in [0, 0.1) is 0 Å². The van der Waals surface area contributed by atoms with Gasteiger partial charge in [-0.3, -0.25) is 4.79 Å². The van der Waals surface area contributed by atoms with Crippen LogP contribution in [-0.4, -0.2) is 11.3 Å². The third-order valence-electron chi connectivity index (χ3n) is 2.06. The third kappa shape index (κ3) is 1.52. The fourth-order valence-corrected chi connectivity index (χ4v) is 1.31. The molecule has 0 atom stereocenters. The van der Waals surface area contributed by atoms with Gasteiger partial charge >= 0.3 is 0 Å². The van der Waals surface area contributed by atoms with Crippen LogP contribution in [0.25, 0.3) is 11.3 Å². The summed E-state index contributed by atoms with van der Waals surface area (Å²) in [5.74, 6) is 0. The lowest BCUT2D eigenvalue weighted by Crippen LogP contribution is -1.84. The van der Waals surface area contributed by atoms with Gasteiger partial charge in [0, 0.05) is 11.4 Å². The molecule has 3 nitrogen and oxygen atoms in total. The molecule has 0 fully saturated rings. The number of nitrogens with one attached hydrogen (secondary N) is 1. The molecule has 0 saturated carbocycles. The zero-order valence-corrected chi connectivity index (χ0v) is 7.53. The highest BCUT2D eigenvalue weighted by atomic mass is 16.1. The van der Waals surface area contributed by atoms with E-state index in [1.165, 1.54) is 0 Å². The second-order valence-electron chi connectivity index (χ2n) is 3.07. The normalized spacial score (nSPS) is 10.0. The Balaban J connectivity index is 2.39. The first-order chi connectivity index (χ1) is 6.79. The summed E-state index contributed by atoms with van der Waals surface area (Å²) in [4.78, 5) is 13.4. The van der Waals surface area contributed by atoms with Gasteiger partial charge < -0.3 is 10.7 Å². The van der Waals surface area contributed by atoms with Gasteiger partial charge in [0.25, 0.3) is 0 Å². The minimum Gasteiger partial charge on any atom is -0.399 e. The maximum Gasteiger partial charge on any atom is 0.166 e. The summed E-state index contributed by atoms with van der Waals surface area (Å²) < 4.78 is 0. The number of aldehydes is 1. The summed E-state index contributed by atoms with van der Waals surface area (Å²) in [6.07, 6.45) is 0.792. The van der Waals surface area contributed by atoms with Crippen molar-refractivity contribution in [3.8, 4) is 11.3 Å². The average Bonchev–Trinajstić information content (AvgIpc) is 2.67. The van der Waals surface area contributed by atoms with E-state index in [1.807, 2.05) is 30.3 Å². The van der Waals surface area contributed by atoms with Crippen LogP contribution in [0.5, 0.6) is 0 Å². The van der Waals surface area contributed by atoms with Crippen molar-refractivity contribution in [2.75, 3.05) is 5.73 Å². The first-order valence-corrected chi connectivity index (χ1v) is 4.30. The van der Waals surface area contributed by atoms with Gasteiger partial charge in [0.05, 0.1) is 5.69 Å². The first kappa shape index (κ1) is 8.56. The Hall–Kier alpha value is -2.03. The summed E-state index contributed by atoms with van der Waals surface area (Å²) in [5, 5.41) is 0. The Morgan fingerprint density at radius 1 is 1.07 bits per heavy atom. The molecule has 1 heterocycles. The zero-order chi connectivity index (χ0) is 9.97. The molecule has 0 aliphatic rings. The molecule has 14 heavy (non-hydrogen) atoms. The van der Waals surface area contributed by atoms with Crippen molar-refractivity contribution in [3.05, 3.63) is 42.1 Å². The smallest absolute Gasteiger partial charge is 0.166 e. The van der Waals surface area contributed by atoms with Gasteiger partial charge in [-0.2, -0.15) is 0 Å². The quantitative estimate of drug-likeness (QED) is 0.557. The van der Waals surface area contributed by atoms with Crippen LogP contribution in [0.2, 0.25) is 0 Å². The minimum absolute atomic E-state index is 0.580. The van der Waals surface area contributed by atoms with Crippen molar-refractivity contribution in [3.63, 3.8) is 0 Å². The number of aromatic nitrogens is 1. The summed E-state index contributed by atoms with van der Waals surface area (Å²) >= 11 is 0. The molecule has 1 aromatic carbocycles. The SMILES string of the molecule is Nc1ccc(-c2ccc(C=O)[nH]2)cc1. The van der Waals surface area contributed by atoms with Crippen LogP contribution in [0.4, 0.5) is 5.69 Å². The largest absolute Gasteiger partial charge is 0.399 e. The van der Waals surface area contributed by atoms with Crippen molar-refractivity contribution in [1.82, 2.24) is 4.98 Å². The molecule has 2 aromatic rings. The van der Waals surface area contributed by atoms with E-state index >= 15 is 0 Å². The average molecular weight is 186 g/mol. The van der Waals surface area contributed by atoms with E-state index in [-0.39, 0.29) is 0 Å². The number of rotatable bonds is 2. The molecule has 3 heteroatoms. The highest BCUT2D eigenvalue weighted by Gasteiger charge is 1.99. The number of hydrogen-bond acceptors (Lipinski definition) is 2. The van der Waals surface area contributed by atoms with E-state index < -0.39 is 0 Å². The van der Waals surface area contributed by atoms with E-state index in [2.05, 4.69) is 4.98 Å². The van der Waals surface area contributed by atoms with Crippen LogP contribution >= 0.6 is 0 Å². The Morgan fingerprint density at radius 2 is 1.79 bits per heavy atom. The number of carbonyl (C=O) groups is 1. The van der Waals surface area contributed by atoms with Crippen molar-refractivity contribution in [1.29, 1.82) is 0 Å². The Morgan fingerprint density at radius 3 is 2.36 bits per heavy atom. The van der Waals surface area contributed by atoms with E-state index in [9.17, 15) is 4.79 Å². The fourth-order valence-electron chi connectivity index (χ4n) is 1.31. The number of nitrogen functional groups attached to an aromatic ring is 1. The highest BCUT2D eigenvalue weighted by Crippen LogP contribution is 2.19. The maximum atomic E-state index is 10.5. The summed E-state index contributed by atoms with van der Waals surface area (Å²) in [7, 11) is 0. The van der Waals surface area contributed by atoms with E-state index in [1.54, 1.807) is 6.07 Å². The van der Waals surface area contributed by atoms with Crippen LogP contribution in [0.1, 0.15) is 10.5 Å². The van der Waals surface area contributed by atoms with Crippen molar-refractivity contribution < 1.29 is 4.79 Å². The molecule has 0 radical (unpaired) electrons. The number of benzene rings is 1. The van der Waals surface area contributed by atoms with E-state index in [0.717, 1.165) is 23.2 Å². The van der Waals surface area contributed by atoms with Crippen LogP contribution in [0.3, 0.4) is 0 Å². The van der Waals surface area contributed by atoms with Crippen LogP contribution in [0.15, 0.2) is 36.4 Å². The van der Waals surface area contributed by atoms with E-state index in [0.29, 0.717) is 5.69 Å². The predicted molar refractivity (Wildman–Crippen MR) is 56.0 cm³/mol. The van der Waals surface area contributed by atoms with Crippen LogP contribution < -0.4 is 5.73 Å². The fraction of sp³-hybridized carbons (Fsp3) is 0. The van der Waals surface area contributed by atoms with Crippen molar-refractivity contribution in [2.45, 2.75) is 0 Å². The zero-order valence-electron chi connectivity index (χ0n) is 7.53. The first-order valence-electron chi connectivity index (χ1n) is 4.30. The Kier molecular flexibility index (Phi) is 2.07. The number of nitrogens with two attached hydrogens (primary N) is 1. The number of hydrogen-bond donors (Lipinski definition) is 2. The van der Waals surface area contributed by atoms with Crippen LogP contribution in [-0.2, 0) is 0 Å². The van der Waals surface area contributed by atoms with Crippen molar-refractivity contribution in [2.24, 2.45) is 0 Å². The Labute approximate surface area is 81.6 Å². The molecule has 0 aliphatic carbocycles. The van der Waals surface area contributed by atoms with Gasteiger partial charge in [0.1, 0.15) is 0 Å². The predicted octanol–water partition coefficient (Wildman–Crippen LogP) is 2.08. The molecule has 3 N–H and O–H groups in total. The minimum atomic E-state index is 0.580. The van der Waals surface area contributed by atoms with Gasteiger partial charge in [0.15, 0.2) is 6.29 Å². The van der Waals surface area contributed by atoms with E-state index in [4.69, 9.17) is 5.73 Å². The van der Waals surface area contributed by atoms with Gasteiger partial charge in [0.2, 0.25) is 0 Å². The molecule has 1 aromatic heterocycles. The summed E-state index contributed by atoms with van der Waals surface area (Å²) in [6.45, 7) is 0. The standard InChI is InChI=1S/C11H10N2O/c12-9-3-1-8(2-4-9)11-6-5-10(7-14)13-11/h1-7,13H,12H2. The lowest BCUT2D eigenvalue weighted by molar-refractivity contribution is 0.111. The lowest BCUT2D eigenvalue weighted by atomic mass is 10.1. The summed E-state index contributed by atoms with van der Waals surface area (Å²) in [6, 6.07) is 11.1. The monoisotopic (exact) mass is 186 g/mol. The molecule has 0 saturated heterocycles. The van der Waals surface area contributed by atoms with Crippen molar-refractivity contribution >= 4 is 12.0 Å². The van der Waals surface area contributed by atoms with Gasteiger partial charge in [-0.05, 0) is 29.8 Å².